The van der Waals surface area contributed by atoms with Gasteiger partial charge in [0.15, 0.2) is 0 Å². The van der Waals surface area contributed by atoms with Crippen molar-refractivity contribution in [2.75, 3.05) is 31.3 Å². The molecule has 5 heteroatoms. The van der Waals surface area contributed by atoms with Crippen LogP contribution < -0.4 is 10.2 Å². The molecule has 31 heavy (non-hydrogen) atoms. The Labute approximate surface area is 187 Å². The van der Waals surface area contributed by atoms with Crippen LogP contribution in [0.4, 0.5) is 5.69 Å². The van der Waals surface area contributed by atoms with Gasteiger partial charge in [-0.05, 0) is 41.5 Å². The Kier molecular flexibility index (Phi) is 6.63. The third kappa shape index (κ3) is 5.12. The smallest absolute Gasteiger partial charge is 0.230 e. The molecule has 0 unspecified atom stereocenters. The first-order chi connectivity index (χ1) is 15.1. The number of carbonyl (C=O) groups excluding carboxylic acids is 1. The lowest BCUT2D eigenvalue weighted by Crippen LogP contribution is -2.30. The van der Waals surface area contributed by atoms with Gasteiger partial charge in [-0.15, -0.1) is 11.8 Å². The molecular weight excluding hydrogens is 402 g/mol. The van der Waals surface area contributed by atoms with E-state index < -0.39 is 0 Å². The first-order valence-electron chi connectivity index (χ1n) is 10.4. The number of rotatable bonds is 8. The fourth-order valence-corrected chi connectivity index (χ4v) is 4.48. The minimum absolute atomic E-state index is 0.0450. The van der Waals surface area contributed by atoms with Crippen LogP contribution in [0.25, 0.3) is 10.9 Å². The summed E-state index contributed by atoms with van der Waals surface area (Å²) in [5, 5.41) is 4.35. The van der Waals surface area contributed by atoms with Crippen LogP contribution in [-0.4, -0.2) is 37.3 Å². The number of amides is 1. The average Bonchev–Trinajstić information content (AvgIpc) is 3.23. The maximum absolute atomic E-state index is 12.6. The second kappa shape index (κ2) is 9.75. The number of hydrogen-bond acceptors (Lipinski definition) is 3. The van der Waals surface area contributed by atoms with Crippen LogP contribution in [0.3, 0.4) is 0 Å². The summed E-state index contributed by atoms with van der Waals surface area (Å²) >= 11 is 1.56. The van der Waals surface area contributed by atoms with Crippen LogP contribution in [0.1, 0.15) is 17.0 Å². The molecule has 1 atom stereocenters. The van der Waals surface area contributed by atoms with Gasteiger partial charge in [-0.3, -0.25) is 4.79 Å². The number of hydrogen-bond donors (Lipinski definition) is 2. The Morgan fingerprint density at radius 1 is 0.968 bits per heavy atom. The third-order valence-electron chi connectivity index (χ3n) is 5.43. The molecule has 4 aromatic rings. The van der Waals surface area contributed by atoms with Crippen LogP contribution >= 0.6 is 11.8 Å². The molecule has 1 heterocycles. The molecule has 0 saturated heterocycles. The SMILES string of the molecule is CN(C)c1ccc([C@H](CNC(=O)CSc2ccccc2)c2c[nH]c3ccccc23)cc1. The van der Waals surface area contributed by atoms with Gasteiger partial charge in [0, 0.05) is 54.2 Å². The van der Waals surface area contributed by atoms with Crippen molar-refractivity contribution < 1.29 is 4.79 Å². The zero-order valence-corrected chi connectivity index (χ0v) is 18.7. The highest BCUT2D eigenvalue weighted by Gasteiger charge is 2.19. The topological polar surface area (TPSA) is 48.1 Å². The van der Waals surface area contributed by atoms with Crippen molar-refractivity contribution in [3.05, 3.63) is 96.2 Å². The molecule has 0 aliphatic carbocycles. The van der Waals surface area contributed by atoms with E-state index in [1.54, 1.807) is 11.8 Å². The molecule has 4 nitrogen and oxygen atoms in total. The quantitative estimate of drug-likeness (QED) is 0.375. The van der Waals surface area contributed by atoms with E-state index in [9.17, 15) is 4.79 Å². The van der Waals surface area contributed by atoms with Crippen LogP contribution in [0.15, 0.2) is 90.0 Å². The van der Waals surface area contributed by atoms with E-state index in [0.717, 1.165) is 16.1 Å². The Morgan fingerprint density at radius 2 is 1.68 bits per heavy atom. The molecule has 158 valence electrons. The van der Waals surface area contributed by atoms with Gasteiger partial charge in [-0.1, -0.05) is 48.5 Å². The van der Waals surface area contributed by atoms with E-state index >= 15 is 0 Å². The van der Waals surface area contributed by atoms with Crippen molar-refractivity contribution in [1.29, 1.82) is 0 Å². The van der Waals surface area contributed by atoms with Crippen molar-refractivity contribution in [2.45, 2.75) is 10.8 Å². The molecule has 4 rings (SSSR count). The predicted molar refractivity (Wildman–Crippen MR) is 131 cm³/mol. The largest absolute Gasteiger partial charge is 0.378 e. The van der Waals surface area contributed by atoms with E-state index in [2.05, 4.69) is 63.9 Å². The minimum Gasteiger partial charge on any atom is -0.378 e. The average molecular weight is 430 g/mol. The van der Waals surface area contributed by atoms with Crippen molar-refractivity contribution in [2.24, 2.45) is 0 Å². The summed E-state index contributed by atoms with van der Waals surface area (Å²) in [6.45, 7) is 0.553. The highest BCUT2D eigenvalue weighted by atomic mass is 32.2. The van der Waals surface area contributed by atoms with Crippen LogP contribution in [-0.2, 0) is 4.79 Å². The van der Waals surface area contributed by atoms with Gasteiger partial charge < -0.3 is 15.2 Å². The first-order valence-corrected chi connectivity index (χ1v) is 11.4. The lowest BCUT2D eigenvalue weighted by Gasteiger charge is -2.20. The summed E-state index contributed by atoms with van der Waals surface area (Å²) in [6.07, 6.45) is 2.07. The lowest BCUT2D eigenvalue weighted by atomic mass is 9.90. The van der Waals surface area contributed by atoms with E-state index in [4.69, 9.17) is 0 Å². The number of aromatic nitrogens is 1. The van der Waals surface area contributed by atoms with Gasteiger partial charge in [0.2, 0.25) is 5.91 Å². The van der Waals surface area contributed by atoms with E-state index in [1.165, 1.54) is 16.5 Å². The zero-order chi connectivity index (χ0) is 21.6. The molecule has 0 fully saturated rings. The number of thioether (sulfide) groups is 1. The third-order valence-corrected chi connectivity index (χ3v) is 6.44. The summed E-state index contributed by atoms with van der Waals surface area (Å²) < 4.78 is 0. The maximum atomic E-state index is 12.6. The van der Waals surface area contributed by atoms with Crippen molar-refractivity contribution in [1.82, 2.24) is 10.3 Å². The number of H-pyrrole nitrogens is 1. The van der Waals surface area contributed by atoms with Crippen molar-refractivity contribution in [3.8, 4) is 0 Å². The Balaban J connectivity index is 1.53. The fourth-order valence-electron chi connectivity index (χ4n) is 3.73. The number of para-hydroxylation sites is 1. The van der Waals surface area contributed by atoms with Gasteiger partial charge in [-0.2, -0.15) is 0 Å². The highest BCUT2D eigenvalue weighted by Crippen LogP contribution is 2.31. The Morgan fingerprint density at radius 3 is 2.42 bits per heavy atom. The van der Waals surface area contributed by atoms with Crippen LogP contribution in [0.2, 0.25) is 0 Å². The van der Waals surface area contributed by atoms with Crippen LogP contribution in [0.5, 0.6) is 0 Å². The van der Waals surface area contributed by atoms with Gasteiger partial charge in [-0.25, -0.2) is 0 Å². The summed E-state index contributed by atoms with van der Waals surface area (Å²) in [7, 11) is 4.08. The molecule has 0 bridgehead atoms. The Bertz CT molecular complexity index is 1140. The number of nitrogens with one attached hydrogen (secondary N) is 2. The fraction of sp³-hybridized carbons (Fsp3) is 0.192. The monoisotopic (exact) mass is 429 g/mol. The standard InChI is InChI=1S/C26H27N3OS/c1-29(2)20-14-12-19(13-15-20)23(24-17-27-25-11-7-6-10-22(24)25)16-28-26(30)18-31-21-8-4-3-5-9-21/h3-15,17,23,27H,16,18H2,1-2H3,(H,28,30)/t23-/m0/s1. The summed E-state index contributed by atoms with van der Waals surface area (Å²) in [6, 6.07) is 26.9. The van der Waals surface area contributed by atoms with E-state index in [0.29, 0.717) is 12.3 Å². The first kappa shape index (κ1) is 21.1. The number of benzene rings is 3. The molecule has 2 N–H and O–H groups in total. The predicted octanol–water partition coefficient (Wildman–Crippen LogP) is 5.27. The van der Waals surface area contributed by atoms with E-state index in [-0.39, 0.29) is 11.8 Å². The minimum atomic E-state index is 0.0450. The molecule has 0 spiro atoms. The molecule has 1 amide bonds. The number of carbonyl (C=O) groups is 1. The number of aromatic amines is 1. The van der Waals surface area contributed by atoms with Gasteiger partial charge in [0.1, 0.15) is 0 Å². The number of fused-ring (bicyclic) bond motifs is 1. The second-order valence-electron chi connectivity index (χ2n) is 7.73. The maximum Gasteiger partial charge on any atom is 0.230 e. The Hall–Kier alpha value is -3.18. The van der Waals surface area contributed by atoms with Crippen LogP contribution in [0, 0.1) is 0 Å². The van der Waals surface area contributed by atoms with Crippen molar-refractivity contribution in [3.63, 3.8) is 0 Å². The van der Waals surface area contributed by atoms with Crippen molar-refractivity contribution >= 4 is 34.3 Å². The zero-order valence-electron chi connectivity index (χ0n) is 17.8. The number of anilines is 1. The lowest BCUT2D eigenvalue weighted by molar-refractivity contribution is -0.118. The molecule has 0 aliphatic heterocycles. The van der Waals surface area contributed by atoms with Gasteiger partial charge in [0.25, 0.3) is 0 Å². The van der Waals surface area contributed by atoms with E-state index in [1.807, 2.05) is 50.5 Å². The second-order valence-corrected chi connectivity index (χ2v) is 8.78. The molecule has 0 saturated carbocycles. The molecule has 3 aromatic carbocycles. The number of nitrogens with zero attached hydrogens (tertiary/aromatic N) is 1. The molecular formula is C26H27N3OS. The summed E-state index contributed by atoms with van der Waals surface area (Å²) in [4.78, 5) is 19.2. The normalized spacial score (nSPS) is 11.9. The highest BCUT2D eigenvalue weighted by molar-refractivity contribution is 8.00. The molecule has 0 aliphatic rings. The summed E-state index contributed by atoms with van der Waals surface area (Å²) in [5.74, 6) is 0.520. The van der Waals surface area contributed by atoms with Gasteiger partial charge in [0.05, 0.1) is 5.75 Å². The molecule has 1 aromatic heterocycles. The molecule has 0 radical (unpaired) electrons. The summed E-state index contributed by atoms with van der Waals surface area (Å²) in [5.41, 5.74) is 4.65. The van der Waals surface area contributed by atoms with Gasteiger partial charge >= 0.3 is 0 Å².